The van der Waals surface area contributed by atoms with Crippen molar-refractivity contribution in [3.8, 4) is 0 Å². The number of hydrogen-bond donors (Lipinski definition) is 1. The van der Waals surface area contributed by atoms with Crippen LogP contribution in [-0.2, 0) is 17.9 Å². The third-order valence-corrected chi connectivity index (χ3v) is 3.89. The SMILES string of the molecule is CCn1ncnc1CN1CCSCC1C(=O)O. The second kappa shape index (κ2) is 5.50. The quantitative estimate of drug-likeness (QED) is 0.835. The molecule has 1 atom stereocenters. The highest BCUT2D eigenvalue weighted by Crippen LogP contribution is 2.18. The van der Waals surface area contributed by atoms with Crippen molar-refractivity contribution in [3.63, 3.8) is 0 Å². The summed E-state index contributed by atoms with van der Waals surface area (Å²) in [7, 11) is 0. The summed E-state index contributed by atoms with van der Waals surface area (Å²) in [6.45, 7) is 4.11. The number of aliphatic carboxylic acids is 1. The van der Waals surface area contributed by atoms with Crippen molar-refractivity contribution in [2.45, 2.75) is 26.1 Å². The van der Waals surface area contributed by atoms with Crippen LogP contribution in [0.4, 0.5) is 0 Å². The molecule has 0 aromatic carbocycles. The maximum atomic E-state index is 11.1. The molecule has 1 aromatic rings. The molecule has 1 saturated heterocycles. The van der Waals surface area contributed by atoms with E-state index in [1.165, 1.54) is 6.33 Å². The summed E-state index contributed by atoms with van der Waals surface area (Å²) in [4.78, 5) is 17.3. The van der Waals surface area contributed by atoms with Crippen LogP contribution in [-0.4, -0.2) is 54.8 Å². The third kappa shape index (κ3) is 2.78. The predicted octanol–water partition coefficient (Wildman–Crippen LogP) is 0.300. The highest BCUT2D eigenvalue weighted by molar-refractivity contribution is 7.99. The maximum absolute atomic E-state index is 11.1. The molecule has 1 aliphatic rings. The van der Waals surface area contributed by atoms with Crippen molar-refractivity contribution >= 4 is 17.7 Å². The number of carbonyl (C=O) groups is 1. The highest BCUT2D eigenvalue weighted by Gasteiger charge is 2.29. The minimum absolute atomic E-state index is 0.407. The zero-order chi connectivity index (χ0) is 12.3. The van der Waals surface area contributed by atoms with Crippen LogP contribution in [0.1, 0.15) is 12.7 Å². The summed E-state index contributed by atoms with van der Waals surface area (Å²) >= 11 is 1.69. The Balaban J connectivity index is 2.08. The molecule has 1 N–H and O–H groups in total. The van der Waals surface area contributed by atoms with Gasteiger partial charge in [0.15, 0.2) is 0 Å². The molecule has 2 rings (SSSR count). The van der Waals surface area contributed by atoms with Crippen LogP contribution in [0.2, 0.25) is 0 Å². The Kier molecular flexibility index (Phi) is 4.01. The molecule has 0 spiro atoms. The number of aryl methyl sites for hydroxylation is 1. The standard InChI is InChI=1S/C10H16N4O2S/c1-2-14-9(11-7-12-14)5-13-3-4-17-6-8(13)10(15)16/h7-8H,2-6H2,1H3,(H,15,16). The van der Waals surface area contributed by atoms with Gasteiger partial charge in [0.2, 0.25) is 0 Å². The fourth-order valence-corrected chi connectivity index (χ4v) is 3.02. The molecule has 7 heteroatoms. The zero-order valence-electron chi connectivity index (χ0n) is 9.74. The zero-order valence-corrected chi connectivity index (χ0v) is 10.6. The minimum Gasteiger partial charge on any atom is -0.480 e. The Hall–Kier alpha value is -1.08. The molecule has 0 amide bonds. The van der Waals surface area contributed by atoms with Crippen molar-refractivity contribution in [2.24, 2.45) is 0 Å². The van der Waals surface area contributed by atoms with Crippen molar-refractivity contribution < 1.29 is 9.90 Å². The smallest absolute Gasteiger partial charge is 0.321 e. The molecular weight excluding hydrogens is 240 g/mol. The molecule has 0 radical (unpaired) electrons. The van der Waals surface area contributed by atoms with E-state index in [1.807, 2.05) is 11.8 Å². The molecule has 0 saturated carbocycles. The molecule has 1 fully saturated rings. The van der Waals surface area contributed by atoms with Gasteiger partial charge in [-0.25, -0.2) is 9.67 Å². The Bertz CT molecular complexity index is 395. The Morgan fingerprint density at radius 2 is 2.53 bits per heavy atom. The van der Waals surface area contributed by atoms with Crippen LogP contribution < -0.4 is 0 Å². The number of thioether (sulfide) groups is 1. The van der Waals surface area contributed by atoms with Gasteiger partial charge < -0.3 is 5.11 Å². The van der Waals surface area contributed by atoms with E-state index in [1.54, 1.807) is 16.4 Å². The van der Waals surface area contributed by atoms with Gasteiger partial charge in [0.05, 0.1) is 6.54 Å². The van der Waals surface area contributed by atoms with Crippen LogP contribution in [0, 0.1) is 0 Å². The van der Waals surface area contributed by atoms with Crippen LogP contribution in [0.3, 0.4) is 0 Å². The van der Waals surface area contributed by atoms with Crippen molar-refractivity contribution in [2.75, 3.05) is 18.1 Å². The van der Waals surface area contributed by atoms with Gasteiger partial charge >= 0.3 is 5.97 Å². The average Bonchev–Trinajstić information content (AvgIpc) is 2.77. The number of rotatable bonds is 4. The average molecular weight is 256 g/mol. The first kappa shape index (κ1) is 12.4. The van der Waals surface area contributed by atoms with Gasteiger partial charge in [-0.2, -0.15) is 16.9 Å². The highest BCUT2D eigenvalue weighted by atomic mass is 32.2. The molecule has 94 valence electrons. The van der Waals surface area contributed by atoms with Gasteiger partial charge in [0.25, 0.3) is 0 Å². The third-order valence-electron chi connectivity index (χ3n) is 2.86. The normalized spacial score (nSPS) is 21.6. The molecule has 0 bridgehead atoms. The van der Waals surface area contributed by atoms with E-state index >= 15 is 0 Å². The first-order chi connectivity index (χ1) is 8.22. The Morgan fingerprint density at radius 1 is 1.71 bits per heavy atom. The van der Waals surface area contributed by atoms with Crippen LogP contribution in [0.25, 0.3) is 0 Å². The molecular formula is C10H16N4O2S. The Morgan fingerprint density at radius 3 is 3.24 bits per heavy atom. The van der Waals surface area contributed by atoms with Crippen LogP contribution in [0.15, 0.2) is 6.33 Å². The lowest BCUT2D eigenvalue weighted by molar-refractivity contribution is -0.142. The fraction of sp³-hybridized carbons (Fsp3) is 0.700. The van der Waals surface area contributed by atoms with E-state index in [-0.39, 0.29) is 0 Å². The van der Waals surface area contributed by atoms with E-state index in [2.05, 4.69) is 10.1 Å². The molecule has 1 aliphatic heterocycles. The summed E-state index contributed by atoms with van der Waals surface area (Å²) < 4.78 is 1.81. The van der Waals surface area contributed by atoms with Gasteiger partial charge in [-0.15, -0.1) is 0 Å². The monoisotopic (exact) mass is 256 g/mol. The molecule has 6 nitrogen and oxygen atoms in total. The summed E-state index contributed by atoms with van der Waals surface area (Å²) in [6.07, 6.45) is 1.52. The topological polar surface area (TPSA) is 71.2 Å². The van der Waals surface area contributed by atoms with E-state index < -0.39 is 12.0 Å². The van der Waals surface area contributed by atoms with Gasteiger partial charge in [0, 0.05) is 24.6 Å². The van der Waals surface area contributed by atoms with Gasteiger partial charge in [-0.05, 0) is 6.92 Å². The van der Waals surface area contributed by atoms with E-state index in [9.17, 15) is 4.79 Å². The van der Waals surface area contributed by atoms with E-state index in [0.29, 0.717) is 12.3 Å². The van der Waals surface area contributed by atoms with Crippen molar-refractivity contribution in [3.05, 3.63) is 12.2 Å². The second-order valence-corrected chi connectivity index (χ2v) is 5.04. The first-order valence-corrected chi connectivity index (χ1v) is 6.79. The lowest BCUT2D eigenvalue weighted by Gasteiger charge is -2.31. The number of carboxylic acid groups (broad SMARTS) is 1. The van der Waals surface area contributed by atoms with E-state index in [4.69, 9.17) is 5.11 Å². The predicted molar refractivity (Wildman–Crippen MR) is 64.9 cm³/mol. The van der Waals surface area contributed by atoms with Gasteiger partial charge in [-0.3, -0.25) is 9.69 Å². The lowest BCUT2D eigenvalue weighted by Crippen LogP contribution is -2.47. The van der Waals surface area contributed by atoms with Gasteiger partial charge in [-0.1, -0.05) is 0 Å². The summed E-state index contributed by atoms with van der Waals surface area (Å²) in [5.41, 5.74) is 0. The van der Waals surface area contributed by atoms with Crippen molar-refractivity contribution in [1.82, 2.24) is 19.7 Å². The maximum Gasteiger partial charge on any atom is 0.321 e. The van der Waals surface area contributed by atoms with E-state index in [0.717, 1.165) is 24.7 Å². The number of aromatic nitrogens is 3. The number of hydrogen-bond acceptors (Lipinski definition) is 5. The molecule has 2 heterocycles. The summed E-state index contributed by atoms with van der Waals surface area (Å²) in [5.74, 6) is 1.71. The number of carboxylic acids is 1. The molecule has 0 aliphatic carbocycles. The van der Waals surface area contributed by atoms with Crippen LogP contribution in [0.5, 0.6) is 0 Å². The van der Waals surface area contributed by atoms with Crippen molar-refractivity contribution in [1.29, 1.82) is 0 Å². The largest absolute Gasteiger partial charge is 0.480 e. The fourth-order valence-electron chi connectivity index (χ4n) is 1.91. The van der Waals surface area contributed by atoms with Crippen LogP contribution >= 0.6 is 11.8 Å². The summed E-state index contributed by atoms with van der Waals surface area (Å²) in [6, 6.07) is -0.407. The second-order valence-electron chi connectivity index (χ2n) is 3.89. The molecule has 17 heavy (non-hydrogen) atoms. The molecule has 1 unspecified atom stereocenters. The van der Waals surface area contributed by atoms with Gasteiger partial charge in [0.1, 0.15) is 18.2 Å². The summed E-state index contributed by atoms with van der Waals surface area (Å²) in [5, 5.41) is 13.3. The number of nitrogens with zero attached hydrogens (tertiary/aromatic N) is 4. The minimum atomic E-state index is -0.750. The lowest BCUT2D eigenvalue weighted by atomic mass is 10.2. The first-order valence-electron chi connectivity index (χ1n) is 5.63. The molecule has 1 aromatic heterocycles. The Labute approximate surface area is 104 Å².